The molecule has 0 N–H and O–H groups in total. The van der Waals surface area contributed by atoms with Crippen LogP contribution in [0.25, 0.3) is 22.2 Å². The molecule has 7 heteroatoms. The van der Waals surface area contributed by atoms with E-state index in [4.69, 9.17) is 9.15 Å². The molecule has 1 saturated heterocycles. The summed E-state index contributed by atoms with van der Waals surface area (Å²) >= 11 is 0. The second-order valence-corrected chi connectivity index (χ2v) is 13.5. The summed E-state index contributed by atoms with van der Waals surface area (Å²) in [5, 5.41) is 0. The summed E-state index contributed by atoms with van der Waals surface area (Å²) in [4.78, 5) is 30.5. The molecule has 258 valence electrons. The molecule has 1 atom stereocenters. The van der Waals surface area contributed by atoms with Crippen molar-refractivity contribution in [1.29, 1.82) is 0 Å². The number of rotatable bonds is 19. The molecule has 1 fully saturated rings. The lowest BCUT2D eigenvalue weighted by molar-refractivity contribution is -0.148. The number of esters is 1. The number of oxazole rings is 1. The Morgan fingerprint density at radius 3 is 2.21 bits per heavy atom. The molecule has 0 amide bonds. The number of hydrogen-bond donors (Lipinski definition) is 0. The number of benzene rings is 3. The predicted octanol–water partition coefficient (Wildman–Crippen LogP) is 9.42. The lowest BCUT2D eigenvalue weighted by Crippen LogP contribution is -2.46. The van der Waals surface area contributed by atoms with E-state index in [-0.39, 0.29) is 12.7 Å². The summed E-state index contributed by atoms with van der Waals surface area (Å²) in [6.45, 7) is 8.65. The van der Waals surface area contributed by atoms with Crippen molar-refractivity contribution in [2.45, 2.75) is 104 Å². The summed E-state index contributed by atoms with van der Waals surface area (Å²) in [6, 6.07) is 25.1. The highest BCUT2D eigenvalue weighted by Gasteiger charge is 2.23. The van der Waals surface area contributed by atoms with Crippen LogP contribution in [-0.4, -0.2) is 41.6 Å². The van der Waals surface area contributed by atoms with E-state index in [1.54, 1.807) is 0 Å². The second kappa shape index (κ2) is 18.6. The first kappa shape index (κ1) is 35.5. The Balaban J connectivity index is 1.09. The second-order valence-electron chi connectivity index (χ2n) is 13.5. The van der Waals surface area contributed by atoms with Gasteiger partial charge in [0.2, 0.25) is 0 Å². The van der Waals surface area contributed by atoms with E-state index in [1.807, 2.05) is 24.3 Å². The van der Waals surface area contributed by atoms with Gasteiger partial charge in [-0.3, -0.25) is 9.69 Å². The highest BCUT2D eigenvalue weighted by molar-refractivity contribution is 5.87. The summed E-state index contributed by atoms with van der Waals surface area (Å²) in [6.07, 6.45) is 14.1. The lowest BCUT2D eigenvalue weighted by atomic mass is 9.95. The van der Waals surface area contributed by atoms with E-state index in [0.717, 1.165) is 57.7 Å². The smallest absolute Gasteiger partial charge is 0.422 e. The van der Waals surface area contributed by atoms with E-state index >= 15 is 0 Å². The van der Waals surface area contributed by atoms with Gasteiger partial charge in [0.15, 0.2) is 12.3 Å². The molecule has 0 saturated carbocycles. The van der Waals surface area contributed by atoms with Crippen LogP contribution in [0.5, 0.6) is 0 Å². The molecule has 1 aliphatic heterocycles. The Labute approximate surface area is 286 Å². The molecule has 1 aromatic heterocycles. The normalized spacial score (nSPS) is 14.4. The van der Waals surface area contributed by atoms with Gasteiger partial charge in [-0.15, -0.1) is 0 Å². The fraction of sp³-hybridized carbons (Fsp3) is 0.512. The minimum atomic E-state index is -0.496. The number of para-hydroxylation sites is 1. The van der Waals surface area contributed by atoms with Crippen LogP contribution in [0, 0.1) is 5.92 Å². The van der Waals surface area contributed by atoms with Crippen LogP contribution in [0.4, 0.5) is 5.69 Å². The Morgan fingerprint density at radius 1 is 0.792 bits per heavy atom. The fourth-order valence-electron chi connectivity index (χ4n) is 6.95. The minimum absolute atomic E-state index is 0.127. The minimum Gasteiger partial charge on any atom is -0.444 e. The SMILES string of the molecule is CCCCCCCCCCCC(CC)CC(=O)OCn1c(=O)oc2c(N3CCN(Cc4cccc(-c5ccccc5)c4)CC3)cccc21. The van der Waals surface area contributed by atoms with Crippen molar-refractivity contribution < 1.29 is 13.9 Å². The van der Waals surface area contributed by atoms with Crippen LogP contribution in [-0.2, 0) is 22.8 Å². The summed E-state index contributed by atoms with van der Waals surface area (Å²) in [5.41, 5.74) is 5.90. The van der Waals surface area contributed by atoms with E-state index in [0.29, 0.717) is 23.4 Å². The first-order valence-corrected chi connectivity index (χ1v) is 18.4. The van der Waals surface area contributed by atoms with Crippen LogP contribution < -0.4 is 10.7 Å². The van der Waals surface area contributed by atoms with Gasteiger partial charge < -0.3 is 14.1 Å². The van der Waals surface area contributed by atoms with Crippen molar-refractivity contribution in [3.8, 4) is 11.1 Å². The maximum Gasteiger partial charge on any atom is 0.422 e. The topological polar surface area (TPSA) is 67.9 Å². The van der Waals surface area contributed by atoms with Gasteiger partial charge in [-0.2, -0.15) is 0 Å². The van der Waals surface area contributed by atoms with Gasteiger partial charge in [0.1, 0.15) is 0 Å². The molecule has 2 heterocycles. The first-order valence-electron chi connectivity index (χ1n) is 18.4. The number of ether oxygens (including phenoxy) is 1. The van der Waals surface area contributed by atoms with Gasteiger partial charge in [-0.05, 0) is 47.2 Å². The highest BCUT2D eigenvalue weighted by atomic mass is 16.5. The number of piperazine rings is 1. The lowest BCUT2D eigenvalue weighted by Gasteiger charge is -2.36. The highest BCUT2D eigenvalue weighted by Crippen LogP contribution is 2.28. The number of anilines is 1. The molecule has 0 spiro atoms. The number of unbranched alkanes of at least 4 members (excludes halogenated alkanes) is 8. The molecular formula is C41H55N3O4. The molecule has 0 bridgehead atoms. The van der Waals surface area contributed by atoms with Gasteiger partial charge in [-0.25, -0.2) is 9.36 Å². The molecule has 48 heavy (non-hydrogen) atoms. The Kier molecular flexibility index (Phi) is 13.8. The molecule has 1 unspecified atom stereocenters. The van der Waals surface area contributed by atoms with Crippen molar-refractivity contribution in [2.24, 2.45) is 5.92 Å². The third-order valence-electron chi connectivity index (χ3n) is 9.93. The molecule has 7 nitrogen and oxygen atoms in total. The van der Waals surface area contributed by atoms with E-state index in [9.17, 15) is 9.59 Å². The quantitative estimate of drug-likeness (QED) is 0.0742. The van der Waals surface area contributed by atoms with E-state index in [1.165, 1.54) is 72.6 Å². The third kappa shape index (κ3) is 10.1. The molecule has 0 aliphatic carbocycles. The van der Waals surface area contributed by atoms with Gasteiger partial charge in [-0.1, -0.05) is 133 Å². The van der Waals surface area contributed by atoms with Gasteiger partial charge in [0.25, 0.3) is 0 Å². The number of fused-ring (bicyclic) bond motifs is 1. The van der Waals surface area contributed by atoms with Gasteiger partial charge in [0, 0.05) is 39.1 Å². The van der Waals surface area contributed by atoms with Crippen molar-refractivity contribution in [2.75, 3.05) is 31.1 Å². The van der Waals surface area contributed by atoms with Crippen LogP contribution in [0.2, 0.25) is 0 Å². The predicted molar refractivity (Wildman–Crippen MR) is 196 cm³/mol. The number of nitrogens with zero attached hydrogens (tertiary/aromatic N) is 3. The zero-order valence-electron chi connectivity index (χ0n) is 29.2. The van der Waals surface area contributed by atoms with E-state index in [2.05, 4.69) is 72.2 Å². The van der Waals surface area contributed by atoms with Crippen molar-refractivity contribution >= 4 is 22.8 Å². The number of hydrogen-bond acceptors (Lipinski definition) is 6. The number of carbonyl (C=O) groups is 1. The average molecular weight is 654 g/mol. The van der Waals surface area contributed by atoms with Crippen molar-refractivity contribution in [3.63, 3.8) is 0 Å². The molecule has 0 radical (unpaired) electrons. The molecule has 3 aromatic carbocycles. The Bertz CT molecular complexity index is 1600. The largest absolute Gasteiger partial charge is 0.444 e. The van der Waals surface area contributed by atoms with Gasteiger partial charge in [0.05, 0.1) is 11.2 Å². The van der Waals surface area contributed by atoms with Crippen molar-refractivity contribution in [1.82, 2.24) is 9.47 Å². The maximum atomic E-state index is 12.9. The molecule has 1 aliphatic rings. The van der Waals surface area contributed by atoms with E-state index < -0.39 is 5.76 Å². The van der Waals surface area contributed by atoms with Crippen LogP contribution in [0.3, 0.4) is 0 Å². The number of aromatic nitrogens is 1. The Morgan fingerprint density at radius 2 is 1.48 bits per heavy atom. The first-order chi connectivity index (χ1) is 23.6. The summed E-state index contributed by atoms with van der Waals surface area (Å²) in [5.74, 6) is -0.428. The zero-order valence-corrected chi connectivity index (χ0v) is 29.2. The van der Waals surface area contributed by atoms with Crippen molar-refractivity contribution in [3.05, 3.63) is 88.9 Å². The summed E-state index contributed by atoms with van der Waals surface area (Å²) in [7, 11) is 0. The summed E-state index contributed by atoms with van der Waals surface area (Å²) < 4.78 is 12.8. The maximum absolute atomic E-state index is 12.9. The molecular weight excluding hydrogens is 598 g/mol. The fourth-order valence-corrected chi connectivity index (χ4v) is 6.95. The van der Waals surface area contributed by atoms with Gasteiger partial charge >= 0.3 is 11.7 Å². The zero-order chi connectivity index (χ0) is 33.6. The molecule has 5 rings (SSSR count). The molecule has 4 aromatic rings. The standard InChI is InChI=1S/C41H55N3O4/c1-3-5-6-7-8-9-10-11-13-18-33(4-2)30-39(45)47-32-44-38-24-17-23-37(40(38)48-41(44)46)43-27-25-42(26-28-43)31-34-19-16-22-36(29-34)35-20-14-12-15-21-35/h12,14-17,19-24,29,33H,3-11,13,18,25-28,30-32H2,1-2H3. The van der Waals surface area contributed by atoms with Crippen LogP contribution >= 0.6 is 0 Å². The third-order valence-corrected chi connectivity index (χ3v) is 9.93. The average Bonchev–Trinajstić information content (AvgIpc) is 3.45. The Hall–Kier alpha value is -3.84. The van der Waals surface area contributed by atoms with Crippen LogP contribution in [0.15, 0.2) is 82.0 Å². The monoisotopic (exact) mass is 653 g/mol. The number of carbonyl (C=O) groups excluding carboxylic acids is 1. The van der Waals surface area contributed by atoms with Crippen LogP contribution in [0.1, 0.15) is 96.5 Å².